The van der Waals surface area contributed by atoms with E-state index in [2.05, 4.69) is 59.9 Å². The van der Waals surface area contributed by atoms with Crippen molar-refractivity contribution >= 4 is 11.9 Å². The lowest BCUT2D eigenvalue weighted by atomic mass is 9.34. The number of fused-ring (bicyclic) bond motifs is 7. The van der Waals surface area contributed by atoms with Crippen LogP contribution < -0.4 is 10.1 Å². The normalized spacial score (nSPS) is 39.0. The van der Waals surface area contributed by atoms with E-state index in [9.17, 15) is 19.8 Å². The summed E-state index contributed by atoms with van der Waals surface area (Å²) >= 11 is 0. The molecule has 0 spiro atoms. The van der Waals surface area contributed by atoms with Gasteiger partial charge in [0.1, 0.15) is 11.8 Å². The van der Waals surface area contributed by atoms with Crippen molar-refractivity contribution in [3.8, 4) is 5.75 Å². The van der Waals surface area contributed by atoms with Crippen molar-refractivity contribution in [1.29, 1.82) is 0 Å². The number of carbonyl (C=O) groups excluding carboxylic acids is 1. The van der Waals surface area contributed by atoms with Crippen molar-refractivity contribution in [1.82, 2.24) is 5.32 Å². The molecule has 10 unspecified atom stereocenters. The molecular weight excluding hydrogens is 622 g/mol. The van der Waals surface area contributed by atoms with E-state index in [1.54, 1.807) is 12.7 Å². The SMILES string of the molecule is COc1ccccc1CC(NC(=O)CCCCC1CC(C)(C)CC2C3=CCC4C5(C)CCC(O)C(C)(C)C5CCC4(C)C3(C)CCC12)C(=O)O. The van der Waals surface area contributed by atoms with Gasteiger partial charge in [0.2, 0.25) is 5.91 Å². The summed E-state index contributed by atoms with van der Waals surface area (Å²) in [5, 5.41) is 23.7. The molecule has 0 radical (unpaired) electrons. The number of rotatable bonds is 10. The van der Waals surface area contributed by atoms with Gasteiger partial charge in [0, 0.05) is 12.8 Å². The molecule has 0 heterocycles. The van der Waals surface area contributed by atoms with Crippen molar-refractivity contribution in [2.24, 2.45) is 56.7 Å². The Morgan fingerprint density at radius 1 is 0.940 bits per heavy atom. The van der Waals surface area contributed by atoms with E-state index in [0.717, 1.165) is 37.7 Å². The van der Waals surface area contributed by atoms with Gasteiger partial charge in [-0.1, -0.05) is 91.2 Å². The summed E-state index contributed by atoms with van der Waals surface area (Å²) in [7, 11) is 1.58. The number of aliphatic carboxylic acids is 1. The summed E-state index contributed by atoms with van der Waals surface area (Å²) in [6.45, 7) is 17.6. The smallest absolute Gasteiger partial charge is 0.326 e. The topological polar surface area (TPSA) is 95.9 Å². The summed E-state index contributed by atoms with van der Waals surface area (Å²) in [6, 6.07) is 6.41. The molecule has 4 saturated carbocycles. The third-order valence-electron chi connectivity index (χ3n) is 16.1. The summed E-state index contributed by atoms with van der Waals surface area (Å²) in [6.07, 6.45) is 16.9. The minimum absolute atomic E-state index is 0.0214. The largest absolute Gasteiger partial charge is 0.496 e. The molecule has 1 aromatic carbocycles. The van der Waals surface area contributed by atoms with Crippen LogP contribution in [-0.4, -0.2) is 41.3 Å². The Kier molecular flexibility index (Phi) is 10.2. The van der Waals surface area contributed by atoms with E-state index in [0.29, 0.717) is 47.2 Å². The van der Waals surface area contributed by atoms with Crippen LogP contribution in [0.15, 0.2) is 35.9 Å². The Hall–Kier alpha value is -2.34. The van der Waals surface area contributed by atoms with E-state index in [1.807, 2.05) is 24.3 Å². The van der Waals surface area contributed by atoms with Gasteiger partial charge < -0.3 is 20.3 Å². The second-order valence-corrected chi connectivity index (χ2v) is 19.5. The molecule has 278 valence electrons. The summed E-state index contributed by atoms with van der Waals surface area (Å²) in [5.74, 6) is 2.69. The van der Waals surface area contributed by atoms with E-state index in [1.165, 1.54) is 44.9 Å². The van der Waals surface area contributed by atoms with Crippen molar-refractivity contribution < 1.29 is 24.5 Å². The molecule has 0 aromatic heterocycles. The van der Waals surface area contributed by atoms with Gasteiger partial charge in [0.05, 0.1) is 13.2 Å². The fourth-order valence-electron chi connectivity index (χ4n) is 13.3. The maximum absolute atomic E-state index is 13.0. The number of aliphatic hydroxyl groups is 1. The van der Waals surface area contributed by atoms with Gasteiger partial charge in [0.25, 0.3) is 0 Å². The van der Waals surface area contributed by atoms with E-state index in [4.69, 9.17) is 4.74 Å². The fourth-order valence-corrected chi connectivity index (χ4v) is 13.3. The molecule has 10 atom stereocenters. The lowest BCUT2D eigenvalue weighted by Crippen LogP contribution is -2.64. The number of unbranched alkanes of at least 4 members (excludes halogenated alkanes) is 1. The number of nitrogens with one attached hydrogen (secondary N) is 1. The lowest BCUT2D eigenvalue weighted by Gasteiger charge is -2.70. The highest BCUT2D eigenvalue weighted by molar-refractivity contribution is 5.83. The van der Waals surface area contributed by atoms with Crippen LogP contribution in [0.4, 0.5) is 0 Å². The first-order chi connectivity index (χ1) is 23.5. The highest BCUT2D eigenvalue weighted by Crippen LogP contribution is 2.74. The van der Waals surface area contributed by atoms with Crippen LogP contribution >= 0.6 is 0 Å². The number of hydrogen-bond donors (Lipinski definition) is 3. The molecule has 4 fully saturated rings. The second-order valence-electron chi connectivity index (χ2n) is 19.5. The molecule has 6 heteroatoms. The predicted molar refractivity (Wildman–Crippen MR) is 200 cm³/mol. The zero-order valence-electron chi connectivity index (χ0n) is 32.4. The van der Waals surface area contributed by atoms with Gasteiger partial charge in [-0.05, 0) is 133 Å². The maximum atomic E-state index is 13.0. The van der Waals surface area contributed by atoms with Crippen LogP contribution in [0.25, 0.3) is 0 Å². The molecule has 0 saturated heterocycles. The van der Waals surface area contributed by atoms with Crippen molar-refractivity contribution in [3.63, 3.8) is 0 Å². The molecule has 6 nitrogen and oxygen atoms in total. The number of amides is 1. The molecule has 5 aliphatic rings. The number of carboxylic acids is 1. The maximum Gasteiger partial charge on any atom is 0.326 e. The monoisotopic (exact) mass is 690 g/mol. The van der Waals surface area contributed by atoms with Crippen LogP contribution in [0.3, 0.4) is 0 Å². The minimum Gasteiger partial charge on any atom is -0.496 e. The van der Waals surface area contributed by atoms with Crippen LogP contribution in [0.2, 0.25) is 0 Å². The lowest BCUT2D eigenvalue weighted by molar-refractivity contribution is -0.201. The third-order valence-corrected chi connectivity index (χ3v) is 16.1. The van der Waals surface area contributed by atoms with Crippen LogP contribution in [0.1, 0.15) is 138 Å². The zero-order valence-corrected chi connectivity index (χ0v) is 32.4. The first kappa shape index (κ1) is 37.4. The quantitative estimate of drug-likeness (QED) is 0.168. The Morgan fingerprint density at radius 3 is 2.40 bits per heavy atom. The highest BCUT2D eigenvalue weighted by atomic mass is 16.5. The van der Waals surface area contributed by atoms with Gasteiger partial charge in [0.15, 0.2) is 0 Å². The number of carboxylic acid groups (broad SMARTS) is 1. The van der Waals surface area contributed by atoms with Gasteiger partial charge >= 0.3 is 5.97 Å². The number of para-hydroxylation sites is 1. The Morgan fingerprint density at radius 2 is 1.68 bits per heavy atom. The Bertz CT molecular complexity index is 1460. The van der Waals surface area contributed by atoms with Crippen LogP contribution in [-0.2, 0) is 16.0 Å². The average Bonchev–Trinajstić information content (AvgIpc) is 3.04. The number of ether oxygens (including phenoxy) is 1. The molecule has 1 aromatic rings. The standard InChI is InChI=1S/C44H67NO5/c1-40(2)26-29(14-10-12-16-38(47)45-33(39(48)49)25-28-13-9-11-15-34(28)50-8)30-19-23-43(6)32(31(30)27-40)17-18-36-42(5)22-21-37(46)41(3,4)35(42)20-24-44(36,43)7/h9,11,13,15,17,29-31,33,35-37,46H,10,12,14,16,18-27H2,1-8H3,(H,45,47)(H,48,49). The van der Waals surface area contributed by atoms with Crippen molar-refractivity contribution in [2.75, 3.05) is 7.11 Å². The van der Waals surface area contributed by atoms with E-state index >= 15 is 0 Å². The molecule has 1 amide bonds. The van der Waals surface area contributed by atoms with E-state index < -0.39 is 12.0 Å². The first-order valence-corrected chi connectivity index (χ1v) is 20.0. The molecule has 50 heavy (non-hydrogen) atoms. The molecule has 3 N–H and O–H groups in total. The van der Waals surface area contributed by atoms with Crippen LogP contribution in [0, 0.1) is 56.7 Å². The summed E-state index contributed by atoms with van der Waals surface area (Å²) < 4.78 is 5.40. The molecular formula is C44H67NO5. The minimum atomic E-state index is -1.02. The number of aliphatic hydroxyl groups excluding tert-OH is 1. The van der Waals surface area contributed by atoms with Crippen molar-refractivity contribution in [2.45, 2.75) is 151 Å². The van der Waals surface area contributed by atoms with E-state index in [-0.39, 0.29) is 40.1 Å². The Balaban J connectivity index is 1.11. The zero-order chi connectivity index (χ0) is 36.3. The number of hydrogen-bond acceptors (Lipinski definition) is 4. The fraction of sp³-hybridized carbons (Fsp3) is 0.773. The number of benzene rings is 1. The van der Waals surface area contributed by atoms with Gasteiger partial charge in [-0.2, -0.15) is 0 Å². The van der Waals surface area contributed by atoms with Gasteiger partial charge in [-0.25, -0.2) is 4.79 Å². The first-order valence-electron chi connectivity index (χ1n) is 20.0. The number of carbonyl (C=O) groups is 2. The second kappa shape index (κ2) is 13.6. The molecule has 5 aliphatic carbocycles. The van der Waals surface area contributed by atoms with Gasteiger partial charge in [-0.15, -0.1) is 0 Å². The van der Waals surface area contributed by atoms with Crippen molar-refractivity contribution in [3.05, 3.63) is 41.5 Å². The van der Waals surface area contributed by atoms with Crippen LogP contribution in [0.5, 0.6) is 5.75 Å². The number of allylic oxidation sites excluding steroid dienone is 2. The molecule has 0 aliphatic heterocycles. The summed E-state index contributed by atoms with van der Waals surface area (Å²) in [5.41, 5.74) is 3.63. The summed E-state index contributed by atoms with van der Waals surface area (Å²) in [4.78, 5) is 25.0. The molecule has 6 rings (SSSR count). The number of methoxy groups -OCH3 is 1. The predicted octanol–water partition coefficient (Wildman–Crippen LogP) is 9.39. The average molecular weight is 690 g/mol. The third kappa shape index (κ3) is 6.36. The molecule has 0 bridgehead atoms. The van der Waals surface area contributed by atoms with Gasteiger partial charge in [-0.3, -0.25) is 4.79 Å². The Labute approximate surface area is 302 Å². The highest BCUT2D eigenvalue weighted by Gasteiger charge is 2.67.